The van der Waals surface area contributed by atoms with Crippen molar-refractivity contribution in [2.24, 2.45) is 4.99 Å². The van der Waals surface area contributed by atoms with Crippen LogP contribution in [-0.4, -0.2) is 37.1 Å². The molecule has 2 aromatic rings. The number of aliphatic imine (C=N–C) groups is 1. The largest absolute Gasteiger partial charge is 0.490 e. The molecule has 0 radical (unpaired) electrons. The highest BCUT2D eigenvalue weighted by Crippen LogP contribution is 2.18. The van der Waals surface area contributed by atoms with Gasteiger partial charge in [0, 0.05) is 37.9 Å². The number of nitrogens with zero attached hydrogens (tertiary/aromatic N) is 2. The highest BCUT2D eigenvalue weighted by molar-refractivity contribution is 14.0. The van der Waals surface area contributed by atoms with Crippen molar-refractivity contribution in [2.45, 2.75) is 25.5 Å². The number of ether oxygens (including phenoxy) is 1. The van der Waals surface area contributed by atoms with Crippen molar-refractivity contribution >= 4 is 41.3 Å². The molecule has 1 saturated heterocycles. The molecule has 0 saturated carbocycles. The number of benzene rings is 1. The van der Waals surface area contributed by atoms with E-state index in [1.54, 1.807) is 11.3 Å². The van der Waals surface area contributed by atoms with Gasteiger partial charge in [-0.05, 0) is 23.6 Å². The quantitative estimate of drug-likeness (QED) is 0.429. The molecule has 1 aliphatic rings. The first kappa shape index (κ1) is 19.1. The average molecular weight is 457 g/mol. The second kappa shape index (κ2) is 9.88. The Kier molecular flexibility index (Phi) is 7.84. The summed E-state index contributed by atoms with van der Waals surface area (Å²) in [4.78, 5) is 8.06. The maximum absolute atomic E-state index is 6.05. The highest BCUT2D eigenvalue weighted by Gasteiger charge is 2.22. The smallest absolute Gasteiger partial charge is 0.193 e. The van der Waals surface area contributed by atoms with Crippen LogP contribution in [0.3, 0.4) is 0 Å². The maximum atomic E-state index is 6.05. The molecular weight excluding hydrogens is 433 g/mol. The molecule has 0 bridgehead atoms. The molecule has 1 fully saturated rings. The number of likely N-dealkylation sites (tertiary alicyclic amines) is 1. The number of hydrogen-bond donors (Lipinski definition) is 1. The van der Waals surface area contributed by atoms with Crippen molar-refractivity contribution in [3.05, 3.63) is 52.7 Å². The molecule has 24 heavy (non-hydrogen) atoms. The first-order valence-corrected chi connectivity index (χ1v) is 8.93. The predicted octanol–water partition coefficient (Wildman–Crippen LogP) is 3.98. The van der Waals surface area contributed by atoms with Gasteiger partial charge in [0.15, 0.2) is 5.96 Å². The van der Waals surface area contributed by atoms with Gasteiger partial charge < -0.3 is 15.0 Å². The van der Waals surface area contributed by atoms with E-state index < -0.39 is 0 Å². The Balaban J connectivity index is 0.00000208. The third-order valence-corrected chi connectivity index (χ3v) is 4.88. The Hall–Kier alpha value is -1.28. The Labute approximate surface area is 165 Å². The third-order valence-electron chi connectivity index (χ3n) is 4.00. The minimum absolute atomic E-state index is 0. The molecule has 0 spiro atoms. The van der Waals surface area contributed by atoms with Crippen LogP contribution in [0.5, 0.6) is 5.75 Å². The molecule has 3 rings (SSSR count). The number of halogens is 1. The standard InChI is InChI=1S/C18H23N3OS.HI/c1-19-18(20-14-17-8-5-13-23-17)21-11-9-16(10-12-21)22-15-6-3-2-4-7-15;/h2-8,13,16H,9-12,14H2,1H3,(H,19,20);1H. The van der Waals surface area contributed by atoms with E-state index in [2.05, 4.69) is 32.7 Å². The molecule has 1 aliphatic heterocycles. The Bertz CT molecular complexity index is 610. The van der Waals surface area contributed by atoms with Crippen molar-refractivity contribution in [2.75, 3.05) is 20.1 Å². The van der Waals surface area contributed by atoms with Gasteiger partial charge in [0.05, 0.1) is 6.54 Å². The second-order valence-electron chi connectivity index (χ2n) is 5.60. The fourth-order valence-electron chi connectivity index (χ4n) is 2.79. The zero-order chi connectivity index (χ0) is 15.9. The van der Waals surface area contributed by atoms with Gasteiger partial charge in [-0.2, -0.15) is 0 Å². The number of piperidine rings is 1. The molecule has 1 N–H and O–H groups in total. The number of rotatable bonds is 4. The molecule has 1 aromatic heterocycles. The van der Waals surface area contributed by atoms with Gasteiger partial charge in [-0.15, -0.1) is 35.3 Å². The summed E-state index contributed by atoms with van der Waals surface area (Å²) in [6.45, 7) is 2.79. The van der Waals surface area contributed by atoms with Gasteiger partial charge >= 0.3 is 0 Å². The molecule has 130 valence electrons. The van der Waals surface area contributed by atoms with Crippen LogP contribution < -0.4 is 10.1 Å². The van der Waals surface area contributed by atoms with Crippen molar-refractivity contribution in [1.82, 2.24) is 10.2 Å². The predicted molar refractivity (Wildman–Crippen MR) is 112 cm³/mol. The molecule has 4 nitrogen and oxygen atoms in total. The molecule has 0 atom stereocenters. The average Bonchev–Trinajstić information content (AvgIpc) is 3.11. The number of hydrogen-bond acceptors (Lipinski definition) is 3. The van der Waals surface area contributed by atoms with Crippen LogP contribution in [0.2, 0.25) is 0 Å². The zero-order valence-corrected chi connectivity index (χ0v) is 17.0. The lowest BCUT2D eigenvalue weighted by atomic mass is 10.1. The van der Waals surface area contributed by atoms with Gasteiger partial charge in [-0.1, -0.05) is 24.3 Å². The highest BCUT2D eigenvalue weighted by atomic mass is 127. The van der Waals surface area contributed by atoms with Crippen LogP contribution in [0.25, 0.3) is 0 Å². The van der Waals surface area contributed by atoms with Crippen molar-refractivity contribution in [3.8, 4) is 5.75 Å². The van der Waals surface area contributed by atoms with E-state index in [0.717, 1.165) is 44.2 Å². The van der Waals surface area contributed by atoms with Crippen LogP contribution in [0.1, 0.15) is 17.7 Å². The normalized spacial score (nSPS) is 15.7. The molecule has 0 unspecified atom stereocenters. The van der Waals surface area contributed by atoms with Crippen molar-refractivity contribution in [3.63, 3.8) is 0 Å². The number of nitrogens with one attached hydrogen (secondary N) is 1. The molecule has 2 heterocycles. The van der Waals surface area contributed by atoms with Gasteiger partial charge in [-0.25, -0.2) is 0 Å². The molecule has 0 amide bonds. The maximum Gasteiger partial charge on any atom is 0.193 e. The van der Waals surface area contributed by atoms with E-state index in [4.69, 9.17) is 4.74 Å². The number of guanidine groups is 1. The van der Waals surface area contributed by atoms with Crippen LogP contribution in [-0.2, 0) is 6.54 Å². The lowest BCUT2D eigenvalue weighted by Crippen LogP contribution is -2.47. The fourth-order valence-corrected chi connectivity index (χ4v) is 3.43. The number of thiophene rings is 1. The lowest BCUT2D eigenvalue weighted by Gasteiger charge is -2.34. The van der Waals surface area contributed by atoms with E-state index in [9.17, 15) is 0 Å². The van der Waals surface area contributed by atoms with Gasteiger partial charge in [0.25, 0.3) is 0 Å². The van der Waals surface area contributed by atoms with E-state index in [1.807, 2.05) is 37.4 Å². The topological polar surface area (TPSA) is 36.9 Å². The van der Waals surface area contributed by atoms with Crippen molar-refractivity contribution in [1.29, 1.82) is 0 Å². The Morgan fingerprint density at radius 2 is 1.96 bits per heavy atom. The molecular formula is C18H24IN3OS. The molecule has 1 aromatic carbocycles. The summed E-state index contributed by atoms with van der Waals surface area (Å²) in [6.07, 6.45) is 2.34. The summed E-state index contributed by atoms with van der Waals surface area (Å²) in [5, 5.41) is 5.55. The van der Waals surface area contributed by atoms with Gasteiger partial charge in [0.2, 0.25) is 0 Å². The van der Waals surface area contributed by atoms with Crippen molar-refractivity contribution < 1.29 is 4.74 Å². The summed E-state index contributed by atoms with van der Waals surface area (Å²) < 4.78 is 6.05. The monoisotopic (exact) mass is 457 g/mol. The van der Waals surface area contributed by atoms with E-state index in [1.165, 1.54) is 4.88 Å². The second-order valence-corrected chi connectivity index (χ2v) is 6.63. The number of para-hydroxylation sites is 1. The molecule has 0 aliphatic carbocycles. The fraction of sp³-hybridized carbons (Fsp3) is 0.389. The minimum Gasteiger partial charge on any atom is -0.490 e. The summed E-state index contributed by atoms with van der Waals surface area (Å²) in [5.74, 6) is 1.95. The third kappa shape index (κ3) is 5.37. The van der Waals surface area contributed by atoms with Crippen LogP contribution >= 0.6 is 35.3 Å². The first-order valence-electron chi connectivity index (χ1n) is 8.05. The molecule has 6 heteroatoms. The van der Waals surface area contributed by atoms with E-state index >= 15 is 0 Å². The Morgan fingerprint density at radius 1 is 1.21 bits per heavy atom. The summed E-state index contributed by atoms with van der Waals surface area (Å²) in [6, 6.07) is 14.3. The summed E-state index contributed by atoms with van der Waals surface area (Å²) >= 11 is 1.77. The first-order chi connectivity index (χ1) is 11.3. The van der Waals surface area contributed by atoms with Crippen LogP contribution in [0, 0.1) is 0 Å². The van der Waals surface area contributed by atoms with Gasteiger partial charge in [0.1, 0.15) is 11.9 Å². The van der Waals surface area contributed by atoms with Crippen LogP contribution in [0.15, 0.2) is 52.8 Å². The van der Waals surface area contributed by atoms with Crippen LogP contribution in [0.4, 0.5) is 0 Å². The minimum atomic E-state index is 0. The van der Waals surface area contributed by atoms with E-state index in [0.29, 0.717) is 6.10 Å². The van der Waals surface area contributed by atoms with E-state index in [-0.39, 0.29) is 24.0 Å². The lowest BCUT2D eigenvalue weighted by molar-refractivity contribution is 0.129. The Morgan fingerprint density at radius 3 is 2.58 bits per heavy atom. The SMILES string of the molecule is CN=C(NCc1cccs1)N1CCC(Oc2ccccc2)CC1.I. The summed E-state index contributed by atoms with van der Waals surface area (Å²) in [7, 11) is 1.85. The van der Waals surface area contributed by atoms with Gasteiger partial charge in [-0.3, -0.25) is 4.99 Å². The summed E-state index contributed by atoms with van der Waals surface area (Å²) in [5.41, 5.74) is 0. The zero-order valence-electron chi connectivity index (χ0n) is 13.9.